The Morgan fingerprint density at radius 1 is 0.971 bits per heavy atom. The van der Waals surface area contributed by atoms with Crippen LogP contribution in [0.5, 0.6) is 23.3 Å². The van der Waals surface area contributed by atoms with Crippen LogP contribution in [0.3, 0.4) is 0 Å². The molecule has 5 rings (SSSR count). The largest absolute Gasteiger partial charge is 0.494 e. The van der Waals surface area contributed by atoms with Crippen molar-refractivity contribution in [2.24, 2.45) is 0 Å². The lowest BCUT2D eigenvalue weighted by Gasteiger charge is -2.23. The zero-order valence-corrected chi connectivity index (χ0v) is 17.8. The summed E-state index contributed by atoms with van der Waals surface area (Å²) in [6, 6.07) is 20.0. The van der Waals surface area contributed by atoms with E-state index < -0.39 is 11.8 Å². The summed E-state index contributed by atoms with van der Waals surface area (Å²) in [5, 5.41) is 24.3. The average Bonchev–Trinajstić information content (AvgIpc) is 3.42. The molecule has 0 aliphatic carbocycles. The Morgan fingerprint density at radius 2 is 1.71 bits per heavy atom. The maximum atomic E-state index is 13.3. The zero-order chi connectivity index (χ0) is 23.7. The van der Waals surface area contributed by atoms with Gasteiger partial charge in [-0.1, -0.05) is 24.3 Å². The van der Waals surface area contributed by atoms with Crippen LogP contribution in [-0.4, -0.2) is 27.6 Å². The molecule has 0 atom stereocenters. The van der Waals surface area contributed by atoms with Gasteiger partial charge in [0.1, 0.15) is 11.5 Å². The van der Waals surface area contributed by atoms with Crippen molar-refractivity contribution in [3.05, 3.63) is 90.2 Å². The van der Waals surface area contributed by atoms with Crippen LogP contribution < -0.4 is 19.7 Å². The van der Waals surface area contributed by atoms with Gasteiger partial charge in [-0.2, -0.15) is 0 Å². The monoisotopic (exact) mass is 461 g/mol. The number of carbonyl (C=O) groups is 1. The first-order chi connectivity index (χ1) is 16.5. The molecular formula is C25H20FN3O5. The molecule has 34 heavy (non-hydrogen) atoms. The number of urea groups is 1. The molecule has 0 saturated heterocycles. The van der Waals surface area contributed by atoms with Gasteiger partial charge in [0.2, 0.25) is 18.6 Å². The van der Waals surface area contributed by atoms with Gasteiger partial charge in [-0.15, -0.1) is 0 Å². The predicted octanol–water partition coefficient (Wildman–Crippen LogP) is 5.00. The van der Waals surface area contributed by atoms with Gasteiger partial charge in [-0.3, -0.25) is 4.90 Å². The van der Waals surface area contributed by atoms with Crippen molar-refractivity contribution in [1.29, 1.82) is 0 Å². The number of para-hydroxylation sites is 1. The third kappa shape index (κ3) is 4.06. The lowest BCUT2D eigenvalue weighted by Crippen LogP contribution is -2.34. The van der Waals surface area contributed by atoms with Gasteiger partial charge in [-0.25, -0.2) is 13.8 Å². The third-order valence-electron chi connectivity index (χ3n) is 5.36. The van der Waals surface area contributed by atoms with E-state index in [2.05, 4.69) is 5.32 Å². The van der Waals surface area contributed by atoms with E-state index in [1.807, 2.05) is 6.07 Å². The average molecular weight is 461 g/mol. The molecule has 8 nitrogen and oxygen atoms in total. The van der Waals surface area contributed by atoms with Gasteiger partial charge in [0, 0.05) is 11.8 Å². The summed E-state index contributed by atoms with van der Waals surface area (Å²) in [6.45, 7) is 0.150. The summed E-state index contributed by atoms with van der Waals surface area (Å²) in [5.74, 6) is 0.146. The number of fused-ring (bicyclic) bond motifs is 1. The van der Waals surface area contributed by atoms with Crippen LogP contribution in [0.25, 0.3) is 5.69 Å². The van der Waals surface area contributed by atoms with E-state index in [9.17, 15) is 19.4 Å². The summed E-state index contributed by atoms with van der Waals surface area (Å²) < 4.78 is 25.3. The molecule has 0 spiro atoms. The van der Waals surface area contributed by atoms with Crippen LogP contribution in [0.2, 0.25) is 0 Å². The summed E-state index contributed by atoms with van der Waals surface area (Å²) in [7, 11) is 0. The second-order valence-corrected chi connectivity index (χ2v) is 7.59. The quantitative estimate of drug-likeness (QED) is 0.389. The van der Waals surface area contributed by atoms with Crippen LogP contribution in [-0.2, 0) is 6.54 Å². The number of benzene rings is 3. The van der Waals surface area contributed by atoms with Gasteiger partial charge >= 0.3 is 6.03 Å². The lowest BCUT2D eigenvalue weighted by atomic mass is 10.2. The standard InChI is InChI=1S/C25H20FN3O5/c26-17-7-9-18(10-8-17)27-25(32)28(14-16-6-11-21-22(12-16)34-15-33-21)20-13-23(30)29(24(20)31)19-4-2-1-3-5-19/h1-13,30-31H,14-15H2,(H,27,32). The highest BCUT2D eigenvalue weighted by atomic mass is 19.1. The topological polar surface area (TPSA) is 96.2 Å². The van der Waals surface area contributed by atoms with E-state index in [4.69, 9.17) is 9.47 Å². The molecule has 9 heteroatoms. The molecule has 1 aromatic heterocycles. The second kappa shape index (κ2) is 8.70. The van der Waals surface area contributed by atoms with Gasteiger partial charge in [0.15, 0.2) is 11.5 Å². The van der Waals surface area contributed by atoms with Crippen LogP contribution in [0, 0.1) is 5.82 Å². The molecule has 1 aliphatic heterocycles. The molecule has 0 radical (unpaired) electrons. The number of hydrogen-bond acceptors (Lipinski definition) is 5. The van der Waals surface area contributed by atoms with Crippen LogP contribution in [0.15, 0.2) is 78.9 Å². The maximum Gasteiger partial charge on any atom is 0.326 e. The number of aromatic hydroxyl groups is 2. The maximum absolute atomic E-state index is 13.3. The van der Waals surface area contributed by atoms with Crippen molar-refractivity contribution in [2.45, 2.75) is 6.54 Å². The molecule has 0 fully saturated rings. The minimum absolute atomic E-state index is 0.0372. The number of nitrogens with one attached hydrogen (secondary N) is 1. The van der Waals surface area contributed by atoms with Crippen molar-refractivity contribution in [3.8, 4) is 28.9 Å². The number of amides is 2. The van der Waals surface area contributed by atoms with Crippen molar-refractivity contribution in [3.63, 3.8) is 0 Å². The fraction of sp³-hybridized carbons (Fsp3) is 0.0800. The highest BCUT2D eigenvalue weighted by Gasteiger charge is 2.26. The number of nitrogens with zero attached hydrogens (tertiary/aromatic N) is 2. The Labute approximate surface area is 194 Å². The molecule has 3 N–H and O–H groups in total. The van der Waals surface area contributed by atoms with Crippen molar-refractivity contribution >= 4 is 17.4 Å². The van der Waals surface area contributed by atoms with Crippen LogP contribution in [0.1, 0.15) is 5.56 Å². The Hall–Kier alpha value is -4.66. The number of carbonyl (C=O) groups excluding carboxylic acids is 1. The Balaban J connectivity index is 1.52. The number of hydrogen-bond donors (Lipinski definition) is 3. The third-order valence-corrected chi connectivity index (χ3v) is 5.36. The Morgan fingerprint density at radius 3 is 2.47 bits per heavy atom. The summed E-state index contributed by atoms with van der Waals surface area (Å²) in [4.78, 5) is 14.6. The minimum Gasteiger partial charge on any atom is -0.494 e. The number of rotatable bonds is 5. The molecule has 0 bridgehead atoms. The van der Waals surface area contributed by atoms with E-state index in [1.165, 1.54) is 39.8 Å². The first-order valence-corrected chi connectivity index (χ1v) is 10.4. The zero-order valence-electron chi connectivity index (χ0n) is 17.8. The molecule has 2 heterocycles. The first kappa shape index (κ1) is 21.2. The smallest absolute Gasteiger partial charge is 0.326 e. The van der Waals surface area contributed by atoms with Crippen molar-refractivity contribution < 1.29 is 28.9 Å². The van der Waals surface area contributed by atoms with Gasteiger partial charge in [0.25, 0.3) is 0 Å². The highest BCUT2D eigenvalue weighted by molar-refractivity contribution is 6.02. The number of ether oxygens (including phenoxy) is 2. The van der Waals surface area contributed by atoms with Crippen molar-refractivity contribution in [2.75, 3.05) is 17.0 Å². The minimum atomic E-state index is -0.593. The molecule has 172 valence electrons. The van der Waals surface area contributed by atoms with E-state index in [-0.39, 0.29) is 30.8 Å². The summed E-state index contributed by atoms with van der Waals surface area (Å²) in [5.41, 5.74) is 1.67. The van der Waals surface area contributed by atoms with Gasteiger partial charge in [0.05, 0.1) is 12.2 Å². The molecule has 4 aromatic rings. The van der Waals surface area contributed by atoms with E-state index in [0.29, 0.717) is 28.4 Å². The summed E-state index contributed by atoms with van der Waals surface area (Å²) in [6.07, 6.45) is 0. The van der Waals surface area contributed by atoms with Crippen molar-refractivity contribution in [1.82, 2.24) is 4.57 Å². The second-order valence-electron chi connectivity index (χ2n) is 7.59. The van der Waals surface area contributed by atoms with E-state index in [0.717, 1.165) is 0 Å². The Bertz CT molecular complexity index is 1340. The molecule has 2 amide bonds. The number of aromatic nitrogens is 1. The molecule has 0 unspecified atom stereocenters. The van der Waals surface area contributed by atoms with Crippen LogP contribution >= 0.6 is 0 Å². The molecular weight excluding hydrogens is 441 g/mol. The summed E-state index contributed by atoms with van der Waals surface area (Å²) >= 11 is 0. The Kier molecular flexibility index (Phi) is 5.43. The SMILES string of the molecule is O=C(Nc1ccc(F)cc1)N(Cc1ccc2c(c1)OCO2)c1cc(O)n(-c2ccccc2)c1O. The highest BCUT2D eigenvalue weighted by Crippen LogP contribution is 2.40. The molecule has 1 aliphatic rings. The predicted molar refractivity (Wildman–Crippen MR) is 123 cm³/mol. The fourth-order valence-electron chi connectivity index (χ4n) is 3.72. The van der Waals surface area contributed by atoms with Crippen LogP contribution in [0.4, 0.5) is 20.6 Å². The van der Waals surface area contributed by atoms with Gasteiger partial charge in [-0.05, 0) is 54.1 Å². The molecule has 0 saturated carbocycles. The normalized spacial score (nSPS) is 11.9. The van der Waals surface area contributed by atoms with E-state index >= 15 is 0 Å². The lowest BCUT2D eigenvalue weighted by molar-refractivity contribution is 0.174. The van der Waals surface area contributed by atoms with Gasteiger partial charge < -0.3 is 25.0 Å². The van der Waals surface area contributed by atoms with E-state index in [1.54, 1.807) is 42.5 Å². The number of anilines is 2. The number of halogens is 1. The fourth-order valence-corrected chi connectivity index (χ4v) is 3.72. The first-order valence-electron chi connectivity index (χ1n) is 10.4. The molecule has 3 aromatic carbocycles.